The molecule has 0 atom stereocenters. The summed E-state index contributed by atoms with van der Waals surface area (Å²) in [4.78, 5) is 41.5. The third-order valence-electron chi connectivity index (χ3n) is 7.23. The number of rotatable bonds is 13. The second-order valence-electron chi connectivity index (χ2n) is 10.3. The highest BCUT2D eigenvalue weighted by molar-refractivity contribution is 6.16. The largest absolute Gasteiger partial charge is 0.493 e. The Morgan fingerprint density at radius 1 is 0.886 bits per heavy atom. The molecule has 11 nitrogen and oxygen atoms in total. The Labute approximate surface area is 252 Å². The second-order valence-corrected chi connectivity index (χ2v) is 10.3. The fourth-order valence-electron chi connectivity index (χ4n) is 4.57. The number of aromatic nitrogens is 1. The van der Waals surface area contributed by atoms with Gasteiger partial charge in [-0.1, -0.05) is 0 Å². The molecule has 1 aliphatic rings. The van der Waals surface area contributed by atoms with Crippen molar-refractivity contribution in [3.63, 3.8) is 0 Å². The number of hydroxylamine groups is 1. The molecule has 44 heavy (non-hydrogen) atoms. The Kier molecular flexibility index (Phi) is 9.20. The van der Waals surface area contributed by atoms with Crippen LogP contribution in [0.2, 0.25) is 0 Å². The number of ether oxygens (including phenoxy) is 3. The number of nitrogens with one attached hydrogen (secondary N) is 3. The summed E-state index contributed by atoms with van der Waals surface area (Å²) in [5, 5.41) is 14.8. The summed E-state index contributed by atoms with van der Waals surface area (Å²) in [6, 6.07) is 17.4. The van der Waals surface area contributed by atoms with Crippen molar-refractivity contribution in [2.45, 2.75) is 32.1 Å². The average Bonchev–Trinajstić information content (AvgIpc) is 3.85. The van der Waals surface area contributed by atoms with Crippen molar-refractivity contribution < 1.29 is 38.2 Å². The van der Waals surface area contributed by atoms with E-state index in [4.69, 9.17) is 19.4 Å². The number of unbranched alkanes of at least 4 members (excludes halogenated alkanes) is 1. The van der Waals surface area contributed by atoms with E-state index in [1.54, 1.807) is 54.1 Å². The third kappa shape index (κ3) is 7.04. The number of amides is 3. The number of fused-ring (bicyclic) bond motifs is 1. The lowest BCUT2D eigenvalue weighted by atomic mass is 10.0. The molecule has 12 heteroatoms. The molecule has 3 amide bonds. The molecule has 0 spiro atoms. The van der Waals surface area contributed by atoms with Crippen molar-refractivity contribution in [3.05, 3.63) is 78.7 Å². The van der Waals surface area contributed by atoms with E-state index in [1.165, 1.54) is 31.4 Å². The number of hydrogen-bond donors (Lipinski definition) is 4. The maximum absolute atomic E-state index is 13.2. The summed E-state index contributed by atoms with van der Waals surface area (Å²) in [7, 11) is 1.53. The molecule has 3 aromatic carbocycles. The van der Waals surface area contributed by atoms with Gasteiger partial charge in [0, 0.05) is 35.4 Å². The van der Waals surface area contributed by atoms with Crippen molar-refractivity contribution in [3.8, 4) is 23.0 Å². The number of pyridine rings is 1. The molecule has 5 rings (SSSR count). The molecule has 1 aliphatic carbocycles. The highest BCUT2D eigenvalue weighted by Crippen LogP contribution is 2.47. The number of carbonyl (C=O) groups excluding carboxylic acids is 3. The van der Waals surface area contributed by atoms with Crippen molar-refractivity contribution >= 4 is 40.0 Å². The maximum atomic E-state index is 13.2. The van der Waals surface area contributed by atoms with Gasteiger partial charge >= 0.3 is 0 Å². The minimum atomic E-state index is -1.17. The number of anilines is 2. The van der Waals surface area contributed by atoms with Crippen LogP contribution in [-0.2, 0) is 14.4 Å². The Morgan fingerprint density at radius 3 is 2.16 bits per heavy atom. The Hall–Kier alpha value is -5.23. The monoisotopic (exact) mass is 602 g/mol. The predicted octanol–water partition coefficient (Wildman–Crippen LogP) is 5.59. The van der Waals surface area contributed by atoms with E-state index in [-0.39, 0.29) is 6.42 Å². The molecule has 1 heterocycles. The van der Waals surface area contributed by atoms with E-state index >= 15 is 0 Å². The Balaban J connectivity index is 1.23. The number of nitrogens with zero attached hydrogens (tertiary/aromatic N) is 1. The van der Waals surface area contributed by atoms with Gasteiger partial charge in [0.25, 0.3) is 0 Å². The molecule has 4 aromatic rings. The van der Waals surface area contributed by atoms with Crippen LogP contribution in [0.15, 0.2) is 72.9 Å². The van der Waals surface area contributed by atoms with Crippen LogP contribution < -0.4 is 30.3 Å². The van der Waals surface area contributed by atoms with Crippen LogP contribution in [0.25, 0.3) is 10.9 Å². The van der Waals surface area contributed by atoms with Crippen LogP contribution in [0.4, 0.5) is 15.8 Å². The van der Waals surface area contributed by atoms with Crippen molar-refractivity contribution in [2.75, 3.05) is 24.4 Å². The molecule has 228 valence electrons. The van der Waals surface area contributed by atoms with E-state index in [0.717, 1.165) is 0 Å². The van der Waals surface area contributed by atoms with Gasteiger partial charge in [0.15, 0.2) is 11.5 Å². The van der Waals surface area contributed by atoms with E-state index in [0.29, 0.717) is 77.6 Å². The summed E-state index contributed by atoms with van der Waals surface area (Å²) in [6.45, 7) is 0.333. The molecule has 1 aromatic heterocycles. The van der Waals surface area contributed by atoms with Gasteiger partial charge in [0.05, 0.1) is 19.2 Å². The topological polar surface area (TPSA) is 148 Å². The highest BCUT2D eigenvalue weighted by Gasteiger charge is 2.56. The molecule has 0 radical (unpaired) electrons. The van der Waals surface area contributed by atoms with Crippen LogP contribution in [0.1, 0.15) is 32.1 Å². The third-order valence-corrected chi connectivity index (χ3v) is 7.23. The lowest BCUT2D eigenvalue weighted by Gasteiger charge is -2.16. The first-order chi connectivity index (χ1) is 21.3. The fraction of sp³-hybridized carbons (Fsp3) is 0.250. The number of benzene rings is 3. The standard InChI is InChI=1S/C32H31FN4O7/c1-42-27-19-25-24(18-28(27)43-17-3-2-4-29(38)37-41)26(13-16-34-25)44-23-11-9-22(10-12-23)36-31(40)32(14-15-32)30(39)35-21-7-5-20(33)6-8-21/h5-13,16,18-19,41H,2-4,14-15,17H2,1H3,(H,35,39)(H,36,40)(H,37,38). The van der Waals surface area contributed by atoms with Gasteiger partial charge in [0.2, 0.25) is 17.7 Å². The smallest absolute Gasteiger partial charge is 0.243 e. The van der Waals surface area contributed by atoms with Crippen molar-refractivity contribution in [1.82, 2.24) is 10.5 Å². The number of carbonyl (C=O) groups is 3. The summed E-state index contributed by atoms with van der Waals surface area (Å²) < 4.78 is 30.7. The molecule has 0 aliphatic heterocycles. The first-order valence-electron chi connectivity index (χ1n) is 14.0. The maximum Gasteiger partial charge on any atom is 0.243 e. The second kappa shape index (κ2) is 13.4. The lowest BCUT2D eigenvalue weighted by molar-refractivity contribution is -0.131. The first-order valence-corrected chi connectivity index (χ1v) is 14.0. The number of halogens is 1. The molecule has 0 saturated heterocycles. The van der Waals surface area contributed by atoms with Crippen LogP contribution >= 0.6 is 0 Å². The van der Waals surface area contributed by atoms with Crippen molar-refractivity contribution in [2.24, 2.45) is 5.41 Å². The van der Waals surface area contributed by atoms with Crippen molar-refractivity contribution in [1.29, 1.82) is 0 Å². The van der Waals surface area contributed by atoms with Gasteiger partial charge < -0.3 is 24.8 Å². The molecule has 0 bridgehead atoms. The minimum absolute atomic E-state index is 0.187. The lowest BCUT2D eigenvalue weighted by Crippen LogP contribution is -2.35. The average molecular weight is 603 g/mol. The van der Waals surface area contributed by atoms with E-state index < -0.39 is 29.0 Å². The molecular formula is C32H31FN4O7. The first kappa shape index (κ1) is 30.2. The highest BCUT2D eigenvalue weighted by atomic mass is 19.1. The van der Waals surface area contributed by atoms with Crippen LogP contribution in [-0.4, -0.2) is 41.6 Å². The van der Waals surface area contributed by atoms with Crippen LogP contribution in [0, 0.1) is 11.2 Å². The predicted molar refractivity (Wildman–Crippen MR) is 159 cm³/mol. The summed E-state index contributed by atoms with van der Waals surface area (Å²) in [5.74, 6) is 0.300. The van der Waals surface area contributed by atoms with Gasteiger partial charge in [-0.2, -0.15) is 0 Å². The van der Waals surface area contributed by atoms with Gasteiger partial charge in [-0.3, -0.25) is 24.6 Å². The molecule has 1 saturated carbocycles. The summed E-state index contributed by atoms with van der Waals surface area (Å²) >= 11 is 0. The molecule has 4 N–H and O–H groups in total. The normalized spacial score (nSPS) is 13.1. The summed E-state index contributed by atoms with van der Waals surface area (Å²) in [6.07, 6.45) is 3.77. The van der Waals surface area contributed by atoms with E-state index in [1.807, 2.05) is 0 Å². The van der Waals surface area contributed by atoms with E-state index in [9.17, 15) is 18.8 Å². The van der Waals surface area contributed by atoms with Gasteiger partial charge in [-0.05, 0) is 86.3 Å². The molecule has 0 unspecified atom stereocenters. The number of methoxy groups -OCH3 is 1. The Bertz CT molecular complexity index is 1660. The van der Waals surface area contributed by atoms with Gasteiger partial charge in [-0.25, -0.2) is 9.87 Å². The zero-order chi connectivity index (χ0) is 31.1. The zero-order valence-electron chi connectivity index (χ0n) is 23.9. The zero-order valence-corrected chi connectivity index (χ0v) is 23.9. The van der Waals surface area contributed by atoms with Gasteiger partial charge in [0.1, 0.15) is 22.7 Å². The number of hydrogen-bond acceptors (Lipinski definition) is 8. The summed E-state index contributed by atoms with van der Waals surface area (Å²) in [5.41, 5.74) is 1.98. The minimum Gasteiger partial charge on any atom is -0.493 e. The molecule has 1 fully saturated rings. The Morgan fingerprint density at radius 2 is 1.55 bits per heavy atom. The quantitative estimate of drug-likeness (QED) is 0.0670. The SMILES string of the molecule is COc1cc2nccc(Oc3ccc(NC(=O)C4(C(=O)Nc5ccc(F)cc5)CC4)cc3)c2cc1OCCCCC(=O)NO. The van der Waals surface area contributed by atoms with Gasteiger partial charge in [-0.15, -0.1) is 0 Å². The van der Waals surface area contributed by atoms with Crippen LogP contribution in [0.3, 0.4) is 0 Å². The molecular weight excluding hydrogens is 571 g/mol. The fourth-order valence-corrected chi connectivity index (χ4v) is 4.57. The van der Waals surface area contributed by atoms with E-state index in [2.05, 4.69) is 15.6 Å². The van der Waals surface area contributed by atoms with Crippen LogP contribution in [0.5, 0.6) is 23.0 Å².